The van der Waals surface area contributed by atoms with Crippen LogP contribution in [-0.4, -0.2) is 23.3 Å². The van der Waals surface area contributed by atoms with Crippen molar-refractivity contribution in [3.05, 3.63) is 16.6 Å². The first kappa shape index (κ1) is 10.5. The molecule has 1 aromatic heterocycles. The Labute approximate surface area is 93.5 Å². The fourth-order valence-electron chi connectivity index (χ4n) is 1.68. The summed E-state index contributed by atoms with van der Waals surface area (Å²) in [6.45, 7) is 1.21. The second-order valence-corrected chi connectivity index (χ2v) is 5.63. The van der Waals surface area contributed by atoms with Crippen LogP contribution in [0.2, 0.25) is 0 Å². The number of rotatable bonds is 4. The van der Waals surface area contributed by atoms with Crippen molar-refractivity contribution in [2.75, 3.05) is 12.3 Å². The molecule has 1 N–H and O–H groups in total. The van der Waals surface area contributed by atoms with Crippen LogP contribution in [0.1, 0.15) is 24.1 Å². The van der Waals surface area contributed by atoms with Gasteiger partial charge in [0.2, 0.25) is 0 Å². The normalized spacial score (nSPS) is 22.4. The summed E-state index contributed by atoms with van der Waals surface area (Å²) < 4.78 is 0. The molecule has 2 nitrogen and oxygen atoms in total. The number of nitrogens with zero attached hydrogens (tertiary/aromatic N) is 1. The molecule has 1 saturated heterocycles. The Morgan fingerprint density at radius 2 is 2.57 bits per heavy atom. The van der Waals surface area contributed by atoms with Gasteiger partial charge in [0.05, 0.1) is 5.51 Å². The minimum absolute atomic E-state index is 0.752. The third-order valence-electron chi connectivity index (χ3n) is 2.46. The molecule has 1 aliphatic rings. The maximum Gasteiger partial charge on any atom is 0.0794 e. The van der Waals surface area contributed by atoms with Gasteiger partial charge in [-0.05, 0) is 19.4 Å². The second-order valence-electron chi connectivity index (χ2n) is 3.63. The molecule has 1 fully saturated rings. The number of hydrogen-bond donors (Lipinski definition) is 1. The van der Waals surface area contributed by atoms with Gasteiger partial charge >= 0.3 is 0 Å². The molecule has 0 unspecified atom stereocenters. The molecule has 14 heavy (non-hydrogen) atoms. The van der Waals surface area contributed by atoms with Gasteiger partial charge in [-0.15, -0.1) is 11.3 Å². The van der Waals surface area contributed by atoms with Gasteiger partial charge in [0.1, 0.15) is 0 Å². The maximum atomic E-state index is 4.08. The SMILES string of the molecule is c1ncc(CSC[C@H]2CCCCN2)s1. The van der Waals surface area contributed by atoms with Gasteiger partial charge in [0, 0.05) is 28.6 Å². The van der Waals surface area contributed by atoms with Crippen molar-refractivity contribution in [3.8, 4) is 0 Å². The third kappa shape index (κ3) is 3.26. The van der Waals surface area contributed by atoms with Gasteiger partial charge in [-0.25, -0.2) is 0 Å². The Morgan fingerprint density at radius 1 is 1.57 bits per heavy atom. The highest BCUT2D eigenvalue weighted by molar-refractivity contribution is 7.98. The summed E-state index contributed by atoms with van der Waals surface area (Å²) >= 11 is 3.78. The lowest BCUT2D eigenvalue weighted by atomic mass is 10.1. The predicted octanol–water partition coefficient (Wildman–Crippen LogP) is 2.52. The first-order valence-corrected chi connectivity index (χ1v) is 7.17. The van der Waals surface area contributed by atoms with E-state index in [1.807, 2.05) is 23.5 Å². The first-order chi connectivity index (χ1) is 6.95. The summed E-state index contributed by atoms with van der Waals surface area (Å²) in [5.74, 6) is 2.38. The quantitative estimate of drug-likeness (QED) is 0.857. The molecule has 0 saturated carbocycles. The molecule has 0 aromatic carbocycles. The van der Waals surface area contributed by atoms with Crippen LogP contribution in [0.5, 0.6) is 0 Å². The topological polar surface area (TPSA) is 24.9 Å². The Bertz CT molecular complexity index is 243. The van der Waals surface area contributed by atoms with Gasteiger partial charge in [0.15, 0.2) is 0 Å². The van der Waals surface area contributed by atoms with E-state index in [9.17, 15) is 0 Å². The van der Waals surface area contributed by atoms with E-state index in [2.05, 4.69) is 10.3 Å². The van der Waals surface area contributed by atoms with Crippen molar-refractivity contribution >= 4 is 23.1 Å². The molecule has 0 aliphatic carbocycles. The number of nitrogens with one attached hydrogen (secondary N) is 1. The molecule has 0 amide bonds. The van der Waals surface area contributed by atoms with Crippen LogP contribution < -0.4 is 5.32 Å². The average Bonchev–Trinajstić information content (AvgIpc) is 2.72. The summed E-state index contributed by atoms with van der Waals surface area (Å²) in [4.78, 5) is 5.47. The van der Waals surface area contributed by atoms with E-state index in [0.29, 0.717) is 0 Å². The van der Waals surface area contributed by atoms with Crippen LogP contribution in [0.3, 0.4) is 0 Å². The molecule has 1 aliphatic heterocycles. The van der Waals surface area contributed by atoms with Gasteiger partial charge in [-0.2, -0.15) is 11.8 Å². The van der Waals surface area contributed by atoms with E-state index in [0.717, 1.165) is 11.8 Å². The number of hydrogen-bond acceptors (Lipinski definition) is 4. The minimum atomic E-state index is 0.752. The van der Waals surface area contributed by atoms with Gasteiger partial charge in [-0.3, -0.25) is 4.98 Å². The zero-order valence-corrected chi connectivity index (χ0v) is 9.87. The second kappa shape index (κ2) is 5.73. The predicted molar refractivity (Wildman–Crippen MR) is 63.9 cm³/mol. The molecule has 78 valence electrons. The fourth-order valence-corrected chi connectivity index (χ4v) is 3.55. The lowest BCUT2D eigenvalue weighted by Crippen LogP contribution is -2.35. The van der Waals surface area contributed by atoms with Gasteiger partial charge < -0.3 is 5.32 Å². The Morgan fingerprint density at radius 3 is 3.29 bits per heavy atom. The summed E-state index contributed by atoms with van der Waals surface area (Å²) in [5.41, 5.74) is 1.91. The lowest BCUT2D eigenvalue weighted by Gasteiger charge is -2.22. The molecular formula is C10H16N2S2. The van der Waals surface area contributed by atoms with Crippen molar-refractivity contribution < 1.29 is 0 Å². The van der Waals surface area contributed by atoms with E-state index in [4.69, 9.17) is 0 Å². The highest BCUT2D eigenvalue weighted by Gasteiger charge is 2.11. The standard InChI is InChI=1S/C10H16N2S2/c1-2-4-12-9(3-1)6-13-7-10-5-11-8-14-10/h5,8-9,12H,1-4,6-7H2/t9-/m1/s1. The van der Waals surface area contributed by atoms with Crippen LogP contribution in [0, 0.1) is 0 Å². The minimum Gasteiger partial charge on any atom is -0.313 e. The van der Waals surface area contributed by atoms with Crippen LogP contribution in [-0.2, 0) is 5.75 Å². The molecule has 1 aromatic rings. The lowest BCUT2D eigenvalue weighted by molar-refractivity contribution is 0.430. The number of thioether (sulfide) groups is 1. The molecule has 4 heteroatoms. The largest absolute Gasteiger partial charge is 0.313 e. The van der Waals surface area contributed by atoms with Crippen molar-refractivity contribution in [2.45, 2.75) is 31.1 Å². The van der Waals surface area contributed by atoms with E-state index in [1.165, 1.54) is 36.4 Å². The molecule has 1 atom stereocenters. The van der Waals surface area contributed by atoms with E-state index < -0.39 is 0 Å². The van der Waals surface area contributed by atoms with Crippen molar-refractivity contribution in [2.24, 2.45) is 0 Å². The van der Waals surface area contributed by atoms with E-state index in [-0.39, 0.29) is 0 Å². The summed E-state index contributed by atoms with van der Waals surface area (Å²) in [7, 11) is 0. The monoisotopic (exact) mass is 228 g/mol. The van der Waals surface area contributed by atoms with Crippen LogP contribution >= 0.6 is 23.1 Å². The van der Waals surface area contributed by atoms with Crippen LogP contribution in [0.25, 0.3) is 0 Å². The molecule has 0 spiro atoms. The summed E-state index contributed by atoms with van der Waals surface area (Å²) in [6, 6.07) is 0.752. The number of aromatic nitrogens is 1. The van der Waals surface area contributed by atoms with Crippen LogP contribution in [0.15, 0.2) is 11.7 Å². The highest BCUT2D eigenvalue weighted by Crippen LogP contribution is 2.18. The zero-order valence-electron chi connectivity index (χ0n) is 8.24. The Kier molecular flexibility index (Phi) is 4.28. The van der Waals surface area contributed by atoms with E-state index in [1.54, 1.807) is 11.3 Å². The number of thiazole rings is 1. The highest BCUT2D eigenvalue weighted by atomic mass is 32.2. The molecular weight excluding hydrogens is 212 g/mol. The molecule has 0 radical (unpaired) electrons. The first-order valence-electron chi connectivity index (χ1n) is 5.13. The van der Waals surface area contributed by atoms with Crippen LogP contribution in [0.4, 0.5) is 0 Å². The van der Waals surface area contributed by atoms with Crippen molar-refractivity contribution in [3.63, 3.8) is 0 Å². The molecule has 2 heterocycles. The Hall–Kier alpha value is -0.0600. The zero-order chi connectivity index (χ0) is 9.64. The van der Waals surface area contributed by atoms with Crippen molar-refractivity contribution in [1.82, 2.24) is 10.3 Å². The number of piperidine rings is 1. The smallest absolute Gasteiger partial charge is 0.0794 e. The van der Waals surface area contributed by atoms with Crippen molar-refractivity contribution in [1.29, 1.82) is 0 Å². The fraction of sp³-hybridized carbons (Fsp3) is 0.700. The average molecular weight is 228 g/mol. The Balaban J connectivity index is 1.62. The van der Waals surface area contributed by atoms with E-state index >= 15 is 0 Å². The molecule has 0 bridgehead atoms. The summed E-state index contributed by atoms with van der Waals surface area (Å²) in [6.07, 6.45) is 6.09. The van der Waals surface area contributed by atoms with Gasteiger partial charge in [0.25, 0.3) is 0 Å². The molecule has 2 rings (SSSR count). The third-order valence-corrected chi connectivity index (χ3v) is 4.57. The maximum absolute atomic E-state index is 4.08. The summed E-state index contributed by atoms with van der Waals surface area (Å²) in [5, 5.41) is 3.57. The van der Waals surface area contributed by atoms with Gasteiger partial charge in [-0.1, -0.05) is 6.42 Å².